The van der Waals surface area contributed by atoms with Crippen LogP contribution in [0.15, 0.2) is 30.5 Å². The van der Waals surface area contributed by atoms with E-state index in [-0.39, 0.29) is 12.5 Å². The summed E-state index contributed by atoms with van der Waals surface area (Å²) in [7, 11) is 0. The minimum Gasteiger partial charge on any atom is -0.493 e. The third-order valence-electron chi connectivity index (χ3n) is 4.57. The highest BCUT2D eigenvalue weighted by Gasteiger charge is 2.12. The number of hydrogen-bond donors (Lipinski definition) is 2. The molecule has 0 aliphatic heterocycles. The molecule has 0 fully saturated rings. The molecule has 2 aromatic heterocycles. The molecule has 3 aromatic rings. The lowest BCUT2D eigenvalue weighted by Crippen LogP contribution is -2.12. The maximum Gasteiger partial charge on any atom is 0.217 e. The first-order valence-corrected chi connectivity index (χ1v) is 9.52. The molecule has 0 bridgehead atoms. The van der Waals surface area contributed by atoms with Crippen molar-refractivity contribution in [3.63, 3.8) is 0 Å². The van der Waals surface area contributed by atoms with Crippen molar-refractivity contribution in [2.75, 3.05) is 6.61 Å². The number of fused-ring (bicyclic) bond motifs is 1. The first-order valence-electron chi connectivity index (χ1n) is 9.52. The number of primary amides is 1. The molecular weight excluding hydrogens is 356 g/mol. The molecule has 28 heavy (non-hydrogen) atoms. The van der Waals surface area contributed by atoms with Crippen LogP contribution >= 0.6 is 0 Å². The molecule has 0 aliphatic rings. The zero-order chi connectivity index (χ0) is 20.1. The summed E-state index contributed by atoms with van der Waals surface area (Å²) in [6.45, 7) is 5.21. The van der Waals surface area contributed by atoms with Gasteiger partial charge in [0.25, 0.3) is 0 Å². The van der Waals surface area contributed by atoms with Crippen molar-refractivity contribution >= 4 is 16.9 Å². The Hall–Kier alpha value is -2.93. The zero-order valence-corrected chi connectivity index (χ0v) is 16.3. The molecule has 148 valence electrons. The van der Waals surface area contributed by atoms with E-state index in [0.717, 1.165) is 39.8 Å². The predicted octanol–water partition coefficient (Wildman–Crippen LogP) is 2.95. The van der Waals surface area contributed by atoms with E-state index in [0.29, 0.717) is 31.7 Å². The number of aromatic nitrogens is 3. The van der Waals surface area contributed by atoms with Gasteiger partial charge in [-0.1, -0.05) is 6.92 Å². The smallest absolute Gasteiger partial charge is 0.217 e. The molecule has 0 atom stereocenters. The third kappa shape index (κ3) is 4.31. The van der Waals surface area contributed by atoms with Gasteiger partial charge in [0.1, 0.15) is 11.3 Å². The van der Waals surface area contributed by atoms with Crippen molar-refractivity contribution < 1.29 is 14.6 Å². The van der Waals surface area contributed by atoms with Gasteiger partial charge in [-0.15, -0.1) is 0 Å². The van der Waals surface area contributed by atoms with Crippen molar-refractivity contribution in [1.29, 1.82) is 0 Å². The van der Waals surface area contributed by atoms with Gasteiger partial charge in [-0.05, 0) is 49.6 Å². The van der Waals surface area contributed by atoms with Crippen LogP contribution in [0.5, 0.6) is 5.75 Å². The lowest BCUT2D eigenvalue weighted by atomic mass is 10.0. The molecule has 0 radical (unpaired) electrons. The molecule has 0 saturated heterocycles. The Bertz CT molecular complexity index is 981. The second-order valence-electron chi connectivity index (χ2n) is 6.82. The number of carbonyl (C=O) groups is 1. The number of hydrogen-bond acceptors (Lipinski definition) is 5. The normalized spacial score (nSPS) is 11.1. The molecule has 7 heteroatoms. The van der Waals surface area contributed by atoms with Crippen molar-refractivity contribution in [2.45, 2.75) is 46.3 Å². The number of ether oxygens (including phenoxy) is 1. The number of nitrogens with two attached hydrogens (primary N) is 1. The molecule has 0 unspecified atom stereocenters. The lowest BCUT2D eigenvalue weighted by molar-refractivity contribution is -0.118. The van der Waals surface area contributed by atoms with E-state index in [1.807, 2.05) is 42.8 Å². The van der Waals surface area contributed by atoms with E-state index in [2.05, 4.69) is 5.10 Å². The Morgan fingerprint density at radius 2 is 2.14 bits per heavy atom. The summed E-state index contributed by atoms with van der Waals surface area (Å²) in [5, 5.41) is 14.1. The van der Waals surface area contributed by atoms with Crippen molar-refractivity contribution in [1.82, 2.24) is 14.8 Å². The van der Waals surface area contributed by atoms with E-state index in [9.17, 15) is 9.90 Å². The molecule has 7 nitrogen and oxygen atoms in total. The number of aliphatic hydroxyl groups is 1. The summed E-state index contributed by atoms with van der Waals surface area (Å²) < 4.78 is 7.56. The molecule has 0 aliphatic carbocycles. The van der Waals surface area contributed by atoms with E-state index >= 15 is 0 Å². The van der Waals surface area contributed by atoms with Crippen LogP contribution in [0.1, 0.15) is 37.3 Å². The standard InChI is InChI=1S/C21H26N4O3/c1-3-9-28-19-7-6-15(11-16(19)13-26)17-10-14(2)21-18(24-17)12-23-25(21)8-4-5-20(22)27/h6-7,10-12,26H,3-5,8-9,13H2,1-2H3,(H2,22,27). The number of aliphatic hydroxyl groups excluding tert-OH is 1. The van der Waals surface area contributed by atoms with Crippen LogP contribution in [0.2, 0.25) is 0 Å². The maximum atomic E-state index is 10.9. The number of aryl methyl sites for hydroxylation is 2. The Labute approximate surface area is 164 Å². The van der Waals surface area contributed by atoms with Crippen LogP contribution in [0.25, 0.3) is 22.3 Å². The largest absolute Gasteiger partial charge is 0.493 e. The first-order chi connectivity index (χ1) is 13.5. The number of benzene rings is 1. The van der Waals surface area contributed by atoms with E-state index in [1.54, 1.807) is 6.20 Å². The summed E-state index contributed by atoms with van der Waals surface area (Å²) >= 11 is 0. The molecule has 0 saturated carbocycles. The number of amides is 1. The average Bonchev–Trinajstić information content (AvgIpc) is 3.09. The van der Waals surface area contributed by atoms with Crippen molar-refractivity contribution in [3.05, 3.63) is 41.6 Å². The highest BCUT2D eigenvalue weighted by molar-refractivity contribution is 5.82. The highest BCUT2D eigenvalue weighted by Crippen LogP contribution is 2.29. The van der Waals surface area contributed by atoms with Crippen LogP contribution < -0.4 is 10.5 Å². The number of pyridine rings is 1. The lowest BCUT2D eigenvalue weighted by Gasteiger charge is -2.12. The fraction of sp³-hybridized carbons (Fsp3) is 0.381. The van der Waals surface area contributed by atoms with Crippen LogP contribution in [-0.4, -0.2) is 32.4 Å². The Balaban J connectivity index is 1.91. The van der Waals surface area contributed by atoms with Crippen LogP contribution in [0.4, 0.5) is 0 Å². The van der Waals surface area contributed by atoms with Gasteiger partial charge >= 0.3 is 0 Å². The van der Waals surface area contributed by atoms with E-state index < -0.39 is 0 Å². The monoisotopic (exact) mass is 382 g/mol. The fourth-order valence-electron chi connectivity index (χ4n) is 3.23. The molecular formula is C21H26N4O3. The van der Waals surface area contributed by atoms with Gasteiger partial charge in [0.15, 0.2) is 0 Å². The summed E-state index contributed by atoms with van der Waals surface area (Å²) in [6.07, 6.45) is 3.63. The average molecular weight is 382 g/mol. The Morgan fingerprint density at radius 1 is 1.32 bits per heavy atom. The fourth-order valence-corrected chi connectivity index (χ4v) is 3.23. The van der Waals surface area contributed by atoms with Crippen LogP contribution in [0.3, 0.4) is 0 Å². The Morgan fingerprint density at radius 3 is 2.86 bits per heavy atom. The molecule has 1 amide bonds. The summed E-state index contributed by atoms with van der Waals surface area (Å²) in [5.41, 5.74) is 10.5. The van der Waals surface area contributed by atoms with Crippen molar-refractivity contribution in [3.8, 4) is 17.0 Å². The minimum atomic E-state index is -0.306. The molecule has 1 aromatic carbocycles. The zero-order valence-electron chi connectivity index (χ0n) is 16.3. The van der Waals surface area contributed by atoms with Crippen LogP contribution in [0, 0.1) is 6.92 Å². The van der Waals surface area contributed by atoms with Gasteiger partial charge in [0.2, 0.25) is 5.91 Å². The van der Waals surface area contributed by atoms with Gasteiger partial charge in [-0.25, -0.2) is 4.98 Å². The molecule has 2 heterocycles. The summed E-state index contributed by atoms with van der Waals surface area (Å²) in [4.78, 5) is 15.7. The molecule has 0 spiro atoms. The summed E-state index contributed by atoms with van der Waals surface area (Å²) in [5.74, 6) is 0.396. The number of carbonyl (C=O) groups excluding carboxylic acids is 1. The minimum absolute atomic E-state index is 0.0914. The quantitative estimate of drug-likeness (QED) is 0.592. The van der Waals surface area contributed by atoms with Gasteiger partial charge in [0.05, 0.1) is 30.6 Å². The number of rotatable bonds is 9. The van der Waals surface area contributed by atoms with E-state index in [1.165, 1.54) is 0 Å². The predicted molar refractivity (Wildman–Crippen MR) is 108 cm³/mol. The van der Waals surface area contributed by atoms with Gasteiger partial charge in [0, 0.05) is 24.1 Å². The van der Waals surface area contributed by atoms with Crippen molar-refractivity contribution in [2.24, 2.45) is 5.73 Å². The third-order valence-corrected chi connectivity index (χ3v) is 4.57. The molecule has 3 N–H and O–H groups in total. The maximum absolute atomic E-state index is 10.9. The topological polar surface area (TPSA) is 103 Å². The molecule has 3 rings (SSSR count). The van der Waals surface area contributed by atoms with Gasteiger partial charge < -0.3 is 15.6 Å². The Kier molecular flexibility index (Phi) is 6.26. The second-order valence-corrected chi connectivity index (χ2v) is 6.82. The number of nitrogens with zero attached hydrogens (tertiary/aromatic N) is 3. The SMILES string of the molecule is CCCOc1ccc(-c2cc(C)c3c(cnn3CCCC(N)=O)n2)cc1CO. The first kappa shape index (κ1) is 19.8. The van der Waals surface area contributed by atoms with Crippen LogP contribution in [-0.2, 0) is 17.9 Å². The second kappa shape index (κ2) is 8.84. The highest BCUT2D eigenvalue weighted by atomic mass is 16.5. The van der Waals surface area contributed by atoms with E-state index in [4.69, 9.17) is 15.5 Å². The van der Waals surface area contributed by atoms with Gasteiger partial charge in [-0.2, -0.15) is 5.10 Å². The van der Waals surface area contributed by atoms with Gasteiger partial charge in [-0.3, -0.25) is 9.48 Å². The summed E-state index contributed by atoms with van der Waals surface area (Å²) in [6, 6.07) is 7.76.